The van der Waals surface area contributed by atoms with Crippen molar-refractivity contribution in [2.75, 3.05) is 6.61 Å². The normalized spacial score (nSPS) is 10.6. The van der Waals surface area contributed by atoms with E-state index < -0.39 is 0 Å². The average molecular weight is 217 g/mol. The third kappa shape index (κ3) is 5.87. The number of allylic oxidation sites excluding steroid dienone is 3. The minimum absolute atomic E-state index is 0.529. The van der Waals surface area contributed by atoms with Gasteiger partial charge in [-0.05, 0) is 19.4 Å². The molecule has 0 saturated carbocycles. The van der Waals surface area contributed by atoms with E-state index in [1.54, 1.807) is 6.08 Å². The van der Waals surface area contributed by atoms with Gasteiger partial charge in [0.05, 0.1) is 6.61 Å². The molecule has 0 aliphatic rings. The van der Waals surface area contributed by atoms with E-state index in [4.69, 9.17) is 16.3 Å². The summed E-state index contributed by atoms with van der Waals surface area (Å²) in [6.07, 6.45) is 2.47. The maximum absolute atomic E-state index is 5.77. The van der Waals surface area contributed by atoms with Crippen molar-refractivity contribution in [3.63, 3.8) is 0 Å². The molecule has 0 heterocycles. The molecule has 0 radical (unpaired) electrons. The number of halogens is 1. The highest BCUT2D eigenvalue weighted by Crippen LogP contribution is 2.21. The Labute approximate surface area is 93.1 Å². The van der Waals surface area contributed by atoms with E-state index in [0.29, 0.717) is 11.6 Å². The monoisotopic (exact) mass is 216 g/mol. The maximum Gasteiger partial charge on any atom is 0.123 e. The molecule has 0 fully saturated rings. The van der Waals surface area contributed by atoms with Gasteiger partial charge in [0.1, 0.15) is 5.76 Å². The summed E-state index contributed by atoms with van der Waals surface area (Å²) in [5.41, 5.74) is 0.925. The molecule has 0 atom stereocenters. The predicted octanol–water partition coefficient (Wildman–Crippen LogP) is 4.65. The van der Waals surface area contributed by atoms with Gasteiger partial charge in [0.2, 0.25) is 0 Å². The Kier molecular flexibility index (Phi) is 11.7. The molecule has 14 heavy (non-hydrogen) atoms. The van der Waals surface area contributed by atoms with Crippen LogP contribution in [0.2, 0.25) is 0 Å². The minimum atomic E-state index is 0.529. The summed E-state index contributed by atoms with van der Waals surface area (Å²) in [4.78, 5) is 0. The molecule has 0 spiro atoms. The first-order valence-corrected chi connectivity index (χ1v) is 5.38. The topological polar surface area (TPSA) is 9.23 Å². The summed E-state index contributed by atoms with van der Waals surface area (Å²) in [5, 5.41) is 0.529. The van der Waals surface area contributed by atoms with Crippen LogP contribution in [0.15, 0.2) is 35.6 Å². The molecular formula is C12H21ClO. The van der Waals surface area contributed by atoms with Crippen molar-refractivity contribution < 1.29 is 4.74 Å². The Morgan fingerprint density at radius 3 is 2.07 bits per heavy atom. The lowest BCUT2D eigenvalue weighted by Gasteiger charge is -2.09. The molecule has 2 heteroatoms. The molecule has 0 unspecified atom stereocenters. The average Bonchev–Trinajstić information content (AvgIpc) is 2.20. The van der Waals surface area contributed by atoms with Gasteiger partial charge in [-0.3, -0.25) is 0 Å². The quantitative estimate of drug-likeness (QED) is 0.480. The fraction of sp³-hybridized carbons (Fsp3) is 0.500. The fourth-order valence-electron chi connectivity index (χ4n) is 0.924. The van der Waals surface area contributed by atoms with Crippen molar-refractivity contribution in [3.05, 3.63) is 35.6 Å². The van der Waals surface area contributed by atoms with Crippen LogP contribution in [0.5, 0.6) is 0 Å². The molecule has 0 N–H and O–H groups in total. The van der Waals surface area contributed by atoms with E-state index in [0.717, 1.165) is 17.8 Å². The highest BCUT2D eigenvalue weighted by atomic mass is 35.5. The molecule has 0 aromatic carbocycles. The van der Waals surface area contributed by atoms with Crippen LogP contribution in [0.25, 0.3) is 0 Å². The van der Waals surface area contributed by atoms with Crippen molar-refractivity contribution in [1.29, 1.82) is 0 Å². The molecular weight excluding hydrogens is 196 g/mol. The zero-order valence-corrected chi connectivity index (χ0v) is 10.4. The van der Waals surface area contributed by atoms with E-state index in [1.165, 1.54) is 0 Å². The Bertz CT molecular complexity index is 204. The lowest BCUT2D eigenvalue weighted by molar-refractivity contribution is 0.239. The van der Waals surface area contributed by atoms with Crippen LogP contribution in [-0.2, 0) is 4.74 Å². The van der Waals surface area contributed by atoms with Crippen LogP contribution in [0.3, 0.4) is 0 Å². The van der Waals surface area contributed by atoms with Gasteiger partial charge in [-0.25, -0.2) is 0 Å². The first-order valence-electron chi connectivity index (χ1n) is 5.00. The molecule has 0 aromatic heterocycles. The zero-order chi connectivity index (χ0) is 11.6. The van der Waals surface area contributed by atoms with Gasteiger partial charge in [-0.1, -0.05) is 45.5 Å². The van der Waals surface area contributed by atoms with Gasteiger partial charge in [-0.15, -0.1) is 0 Å². The molecule has 0 aliphatic heterocycles. The number of rotatable bonds is 5. The van der Waals surface area contributed by atoms with Gasteiger partial charge < -0.3 is 4.74 Å². The Morgan fingerprint density at radius 1 is 1.36 bits per heavy atom. The third-order valence-electron chi connectivity index (χ3n) is 1.46. The van der Waals surface area contributed by atoms with Gasteiger partial charge in [0.15, 0.2) is 0 Å². The minimum Gasteiger partial charge on any atom is -0.494 e. The SMILES string of the molecule is C=C/C(OCC)=C(/CC)C(=C)Cl.CC. The van der Waals surface area contributed by atoms with Crippen LogP contribution in [0, 0.1) is 0 Å². The number of ether oxygens (including phenoxy) is 1. The number of hydrogen-bond acceptors (Lipinski definition) is 1. The summed E-state index contributed by atoms with van der Waals surface area (Å²) in [6, 6.07) is 0. The highest BCUT2D eigenvalue weighted by Gasteiger charge is 2.04. The van der Waals surface area contributed by atoms with E-state index in [1.807, 2.05) is 27.7 Å². The van der Waals surface area contributed by atoms with Gasteiger partial charge in [0.25, 0.3) is 0 Å². The Balaban J connectivity index is 0. The molecule has 0 aliphatic carbocycles. The summed E-state index contributed by atoms with van der Waals surface area (Å²) in [6.45, 7) is 15.9. The van der Waals surface area contributed by atoms with Crippen LogP contribution in [-0.4, -0.2) is 6.61 Å². The van der Waals surface area contributed by atoms with Gasteiger partial charge in [0, 0.05) is 10.6 Å². The van der Waals surface area contributed by atoms with Crippen molar-refractivity contribution >= 4 is 11.6 Å². The summed E-state index contributed by atoms with van der Waals surface area (Å²) in [7, 11) is 0. The first kappa shape index (κ1) is 15.8. The fourth-order valence-corrected chi connectivity index (χ4v) is 1.15. The first-order chi connectivity index (χ1) is 6.67. The smallest absolute Gasteiger partial charge is 0.123 e. The van der Waals surface area contributed by atoms with Gasteiger partial charge >= 0.3 is 0 Å². The molecule has 82 valence electrons. The van der Waals surface area contributed by atoms with Crippen molar-refractivity contribution in [3.8, 4) is 0 Å². The predicted molar refractivity (Wildman–Crippen MR) is 65.5 cm³/mol. The van der Waals surface area contributed by atoms with E-state index in [9.17, 15) is 0 Å². The largest absolute Gasteiger partial charge is 0.494 e. The maximum atomic E-state index is 5.77. The standard InChI is InChI=1S/C10H15ClO.C2H6/c1-5-9(8(4)11)10(6-2)12-7-3;1-2/h6H,2,4-5,7H2,1,3H3;1-2H3/b10-9+;. The van der Waals surface area contributed by atoms with Crippen LogP contribution < -0.4 is 0 Å². The van der Waals surface area contributed by atoms with Crippen molar-refractivity contribution in [1.82, 2.24) is 0 Å². The van der Waals surface area contributed by atoms with Crippen LogP contribution in [0.4, 0.5) is 0 Å². The van der Waals surface area contributed by atoms with E-state index in [-0.39, 0.29) is 0 Å². The summed E-state index contributed by atoms with van der Waals surface area (Å²) in [5.74, 6) is 0.736. The third-order valence-corrected chi connectivity index (χ3v) is 1.69. The van der Waals surface area contributed by atoms with Crippen molar-refractivity contribution in [2.24, 2.45) is 0 Å². The van der Waals surface area contributed by atoms with E-state index in [2.05, 4.69) is 13.2 Å². The lowest BCUT2D eigenvalue weighted by Crippen LogP contribution is -1.94. The number of hydrogen-bond donors (Lipinski definition) is 0. The zero-order valence-electron chi connectivity index (χ0n) is 9.69. The van der Waals surface area contributed by atoms with Crippen molar-refractivity contribution in [2.45, 2.75) is 34.1 Å². The molecule has 1 nitrogen and oxygen atoms in total. The van der Waals surface area contributed by atoms with E-state index >= 15 is 0 Å². The lowest BCUT2D eigenvalue weighted by atomic mass is 10.1. The molecule has 0 amide bonds. The Morgan fingerprint density at radius 2 is 1.86 bits per heavy atom. The Hall–Kier alpha value is -0.690. The second-order valence-electron chi connectivity index (χ2n) is 2.24. The van der Waals surface area contributed by atoms with Crippen LogP contribution in [0.1, 0.15) is 34.1 Å². The molecule has 0 rings (SSSR count). The molecule has 0 aromatic rings. The second kappa shape index (κ2) is 10.4. The van der Waals surface area contributed by atoms with Crippen LogP contribution >= 0.6 is 11.6 Å². The summed E-state index contributed by atoms with van der Waals surface area (Å²) >= 11 is 5.77. The summed E-state index contributed by atoms with van der Waals surface area (Å²) < 4.78 is 5.32. The highest BCUT2D eigenvalue weighted by molar-refractivity contribution is 6.31. The second-order valence-corrected chi connectivity index (χ2v) is 2.69. The molecule has 0 bridgehead atoms. The van der Waals surface area contributed by atoms with Gasteiger partial charge in [-0.2, -0.15) is 0 Å². The molecule has 0 saturated heterocycles.